The molecule has 0 aliphatic carbocycles. The Bertz CT molecular complexity index is 1170. The van der Waals surface area contributed by atoms with Crippen molar-refractivity contribution in [3.63, 3.8) is 0 Å². The van der Waals surface area contributed by atoms with Gasteiger partial charge >= 0.3 is 0 Å². The van der Waals surface area contributed by atoms with Gasteiger partial charge in [-0.1, -0.05) is 0 Å². The van der Waals surface area contributed by atoms with E-state index in [0.717, 1.165) is 67.6 Å². The second-order valence-electron chi connectivity index (χ2n) is 8.41. The highest BCUT2D eigenvalue weighted by molar-refractivity contribution is 5.64. The van der Waals surface area contributed by atoms with Crippen LogP contribution in [0.1, 0.15) is 29.8 Å². The summed E-state index contributed by atoms with van der Waals surface area (Å²) in [7, 11) is 0. The summed E-state index contributed by atoms with van der Waals surface area (Å²) in [5, 5.41) is 9.70. The standard InChI is InChI=1S/C26H27N5O3/c27-18-21-17-20(1-2-24(21)34-22-5-11-32-12-6-22)23-4-8-28-25(30-23)15-19-3-7-29-26(16-19)31-9-13-33-14-10-31/h1-4,7-8,16-17,22H,5-6,9-15H2. The summed E-state index contributed by atoms with van der Waals surface area (Å²) in [5.74, 6) is 2.29. The topological polar surface area (TPSA) is 93.4 Å². The minimum absolute atomic E-state index is 0.0834. The number of nitriles is 1. The maximum atomic E-state index is 9.70. The van der Waals surface area contributed by atoms with Crippen LogP contribution in [0.3, 0.4) is 0 Å². The lowest BCUT2D eigenvalue weighted by atomic mass is 10.1. The zero-order valence-corrected chi connectivity index (χ0v) is 19.0. The molecule has 0 bridgehead atoms. The van der Waals surface area contributed by atoms with Gasteiger partial charge in [0, 0.05) is 50.3 Å². The number of nitrogens with zero attached hydrogens (tertiary/aromatic N) is 5. The molecule has 8 heteroatoms. The number of hydrogen-bond acceptors (Lipinski definition) is 8. The SMILES string of the molecule is N#Cc1cc(-c2ccnc(Cc3ccnc(N4CCOCC4)c3)n2)ccc1OC1CCOCC1. The van der Waals surface area contributed by atoms with Crippen molar-refractivity contribution < 1.29 is 14.2 Å². The molecule has 5 rings (SSSR count). The number of pyridine rings is 1. The molecule has 0 amide bonds. The molecule has 34 heavy (non-hydrogen) atoms. The van der Waals surface area contributed by atoms with Crippen LogP contribution >= 0.6 is 0 Å². The summed E-state index contributed by atoms with van der Waals surface area (Å²) in [4.78, 5) is 16.0. The van der Waals surface area contributed by atoms with E-state index in [4.69, 9.17) is 19.2 Å². The summed E-state index contributed by atoms with van der Waals surface area (Å²) in [5.41, 5.74) is 3.25. The molecule has 2 aliphatic heterocycles. The molecule has 0 radical (unpaired) electrons. The molecule has 2 fully saturated rings. The number of benzene rings is 1. The van der Waals surface area contributed by atoms with Crippen molar-refractivity contribution in [2.45, 2.75) is 25.4 Å². The largest absolute Gasteiger partial charge is 0.489 e. The van der Waals surface area contributed by atoms with Crippen LogP contribution in [0, 0.1) is 11.3 Å². The molecule has 0 unspecified atom stereocenters. The number of rotatable bonds is 6. The van der Waals surface area contributed by atoms with Crippen molar-refractivity contribution in [1.82, 2.24) is 15.0 Å². The Labute approximate surface area is 199 Å². The van der Waals surface area contributed by atoms with E-state index < -0.39 is 0 Å². The van der Waals surface area contributed by atoms with Crippen LogP contribution in [-0.4, -0.2) is 60.6 Å². The maximum Gasteiger partial charge on any atom is 0.137 e. The van der Waals surface area contributed by atoms with Gasteiger partial charge in [0.25, 0.3) is 0 Å². The first-order chi connectivity index (χ1) is 16.8. The number of morpholine rings is 1. The lowest BCUT2D eigenvalue weighted by molar-refractivity contribution is 0.0254. The van der Waals surface area contributed by atoms with Gasteiger partial charge < -0.3 is 19.1 Å². The summed E-state index contributed by atoms with van der Waals surface area (Å²) in [6.45, 7) is 4.52. The fraction of sp³-hybridized carbons (Fsp3) is 0.385. The second-order valence-corrected chi connectivity index (χ2v) is 8.41. The molecular weight excluding hydrogens is 430 g/mol. The Kier molecular flexibility index (Phi) is 6.94. The number of aromatic nitrogens is 3. The molecule has 174 valence electrons. The van der Waals surface area contributed by atoms with Crippen LogP contribution in [0.4, 0.5) is 5.82 Å². The minimum Gasteiger partial charge on any atom is -0.489 e. The van der Waals surface area contributed by atoms with Crippen molar-refractivity contribution in [2.24, 2.45) is 0 Å². The van der Waals surface area contributed by atoms with E-state index in [1.807, 2.05) is 36.5 Å². The Balaban J connectivity index is 1.32. The van der Waals surface area contributed by atoms with Gasteiger partial charge in [0.1, 0.15) is 29.6 Å². The van der Waals surface area contributed by atoms with Gasteiger partial charge in [-0.05, 0) is 42.0 Å². The fourth-order valence-corrected chi connectivity index (χ4v) is 4.22. The number of ether oxygens (including phenoxy) is 3. The molecule has 8 nitrogen and oxygen atoms in total. The van der Waals surface area contributed by atoms with Crippen molar-refractivity contribution >= 4 is 5.82 Å². The zero-order chi connectivity index (χ0) is 23.2. The third kappa shape index (κ3) is 5.33. The smallest absolute Gasteiger partial charge is 0.137 e. The second kappa shape index (κ2) is 10.6. The first kappa shape index (κ1) is 22.3. The predicted molar refractivity (Wildman–Crippen MR) is 127 cm³/mol. The van der Waals surface area contributed by atoms with Crippen molar-refractivity contribution in [2.75, 3.05) is 44.4 Å². The van der Waals surface area contributed by atoms with Gasteiger partial charge in [0.15, 0.2) is 0 Å². The molecule has 3 aromatic rings. The first-order valence-corrected chi connectivity index (χ1v) is 11.7. The molecule has 2 aliphatic rings. The Morgan fingerprint density at radius 2 is 1.76 bits per heavy atom. The van der Waals surface area contributed by atoms with Crippen LogP contribution in [-0.2, 0) is 15.9 Å². The van der Waals surface area contributed by atoms with Gasteiger partial charge in [0.05, 0.1) is 37.7 Å². The molecule has 2 saturated heterocycles. The first-order valence-electron chi connectivity index (χ1n) is 11.7. The monoisotopic (exact) mass is 457 g/mol. The van der Waals surface area contributed by atoms with E-state index in [1.54, 1.807) is 6.20 Å². The van der Waals surface area contributed by atoms with E-state index in [-0.39, 0.29) is 6.10 Å². The Hall–Kier alpha value is -3.54. The highest BCUT2D eigenvalue weighted by Gasteiger charge is 2.18. The normalized spacial score (nSPS) is 16.7. The van der Waals surface area contributed by atoms with Gasteiger partial charge in [-0.25, -0.2) is 15.0 Å². The van der Waals surface area contributed by atoms with Gasteiger partial charge in [0.2, 0.25) is 0 Å². The van der Waals surface area contributed by atoms with Crippen molar-refractivity contribution in [1.29, 1.82) is 5.26 Å². The maximum absolute atomic E-state index is 9.70. The van der Waals surface area contributed by atoms with Crippen molar-refractivity contribution in [3.05, 3.63) is 65.7 Å². The van der Waals surface area contributed by atoms with Gasteiger partial charge in [-0.2, -0.15) is 5.26 Å². The van der Waals surface area contributed by atoms with Crippen LogP contribution in [0.2, 0.25) is 0 Å². The van der Waals surface area contributed by atoms with E-state index in [2.05, 4.69) is 27.0 Å². The minimum atomic E-state index is 0.0834. The van der Waals surface area contributed by atoms with Crippen LogP contribution in [0.25, 0.3) is 11.3 Å². The van der Waals surface area contributed by atoms with E-state index in [0.29, 0.717) is 30.9 Å². The molecule has 0 atom stereocenters. The molecule has 0 N–H and O–H groups in total. The van der Waals surface area contributed by atoms with E-state index in [9.17, 15) is 5.26 Å². The summed E-state index contributed by atoms with van der Waals surface area (Å²) in [6.07, 6.45) is 5.96. The van der Waals surface area contributed by atoms with Crippen molar-refractivity contribution in [3.8, 4) is 23.1 Å². The average Bonchev–Trinajstić information content (AvgIpc) is 2.90. The highest BCUT2D eigenvalue weighted by Crippen LogP contribution is 2.28. The zero-order valence-electron chi connectivity index (χ0n) is 19.0. The molecule has 4 heterocycles. The predicted octanol–water partition coefficient (Wildman–Crippen LogP) is 3.40. The number of hydrogen-bond donors (Lipinski definition) is 0. The van der Waals surface area contributed by atoms with E-state index >= 15 is 0 Å². The third-order valence-corrected chi connectivity index (χ3v) is 6.07. The van der Waals surface area contributed by atoms with Gasteiger partial charge in [-0.3, -0.25) is 0 Å². The summed E-state index contributed by atoms with van der Waals surface area (Å²) >= 11 is 0. The van der Waals surface area contributed by atoms with Gasteiger partial charge in [-0.15, -0.1) is 0 Å². The number of anilines is 1. The molecule has 0 saturated carbocycles. The lowest BCUT2D eigenvalue weighted by Crippen LogP contribution is -2.36. The lowest BCUT2D eigenvalue weighted by Gasteiger charge is -2.28. The molecule has 1 aromatic carbocycles. The summed E-state index contributed by atoms with van der Waals surface area (Å²) < 4.78 is 16.9. The third-order valence-electron chi connectivity index (χ3n) is 6.07. The quantitative estimate of drug-likeness (QED) is 0.556. The summed E-state index contributed by atoms with van der Waals surface area (Å²) in [6, 6.07) is 13.9. The molecule has 0 spiro atoms. The van der Waals surface area contributed by atoms with Crippen LogP contribution < -0.4 is 9.64 Å². The fourth-order valence-electron chi connectivity index (χ4n) is 4.22. The van der Waals surface area contributed by atoms with Crippen LogP contribution in [0.5, 0.6) is 5.75 Å². The molecule has 2 aromatic heterocycles. The molecular formula is C26H27N5O3. The Morgan fingerprint density at radius 1 is 0.971 bits per heavy atom. The highest BCUT2D eigenvalue weighted by atomic mass is 16.5. The van der Waals surface area contributed by atoms with E-state index in [1.165, 1.54) is 0 Å². The van der Waals surface area contributed by atoms with Crippen LogP contribution in [0.15, 0.2) is 48.8 Å². The Morgan fingerprint density at radius 3 is 2.59 bits per heavy atom. The average molecular weight is 458 g/mol.